The van der Waals surface area contributed by atoms with Gasteiger partial charge in [-0.05, 0) is 20.8 Å². The number of amides is 2. The molecule has 0 aromatic rings. The van der Waals surface area contributed by atoms with Gasteiger partial charge in [-0.25, -0.2) is 19.2 Å². The molecular weight excluding hydrogens is 288 g/mol. The monoisotopic (exact) mass is 304 g/mol. The van der Waals surface area contributed by atoms with Gasteiger partial charge in [0.25, 0.3) is 0 Å². The molecule has 9 nitrogen and oxygen atoms in total. The summed E-state index contributed by atoms with van der Waals surface area (Å²) in [6, 6.07) is 0. The topological polar surface area (TPSA) is 110 Å². The van der Waals surface area contributed by atoms with Crippen LogP contribution in [0.2, 0.25) is 0 Å². The molecule has 0 bridgehead atoms. The number of nitrogens with one attached hydrogen (secondary N) is 1. The van der Waals surface area contributed by atoms with Crippen molar-refractivity contribution >= 4 is 35.1 Å². The SMILES string of the molecule is CCOC(=O)N/N=C\C1=NN(C(=O)OCC)[S@@](=O)[C@@H]1C. The van der Waals surface area contributed by atoms with E-state index in [1.165, 1.54) is 6.21 Å². The lowest BCUT2D eigenvalue weighted by molar-refractivity contribution is 0.133. The smallest absolute Gasteiger partial charge is 0.443 e. The second-order valence-electron chi connectivity index (χ2n) is 3.51. The van der Waals surface area contributed by atoms with Gasteiger partial charge in [0.1, 0.15) is 0 Å². The van der Waals surface area contributed by atoms with Crippen LogP contribution in [-0.4, -0.2) is 51.2 Å². The van der Waals surface area contributed by atoms with Crippen LogP contribution in [0.25, 0.3) is 0 Å². The van der Waals surface area contributed by atoms with Gasteiger partial charge >= 0.3 is 12.2 Å². The molecule has 0 aromatic carbocycles. The number of hydrazone groups is 2. The van der Waals surface area contributed by atoms with Gasteiger partial charge in [-0.15, -0.1) is 4.41 Å². The molecule has 0 saturated heterocycles. The van der Waals surface area contributed by atoms with Crippen LogP contribution in [0.1, 0.15) is 20.8 Å². The third-order valence-electron chi connectivity index (χ3n) is 2.15. The zero-order chi connectivity index (χ0) is 15.1. The Kier molecular flexibility index (Phi) is 6.10. The number of ether oxygens (including phenoxy) is 2. The van der Waals surface area contributed by atoms with E-state index in [-0.39, 0.29) is 18.9 Å². The molecule has 10 heteroatoms. The minimum atomic E-state index is -1.66. The maximum atomic E-state index is 11.9. The van der Waals surface area contributed by atoms with Crippen LogP contribution in [0.4, 0.5) is 9.59 Å². The first-order valence-corrected chi connectivity index (χ1v) is 7.10. The third kappa shape index (κ3) is 4.02. The number of hydrogen-bond acceptors (Lipinski definition) is 7. The largest absolute Gasteiger partial charge is 0.449 e. The minimum Gasteiger partial charge on any atom is -0.449 e. The average molecular weight is 304 g/mol. The number of carbonyl (C=O) groups excluding carboxylic acids is 2. The fourth-order valence-electron chi connectivity index (χ4n) is 1.22. The Morgan fingerprint density at radius 1 is 1.45 bits per heavy atom. The van der Waals surface area contributed by atoms with Crippen LogP contribution < -0.4 is 5.43 Å². The summed E-state index contributed by atoms with van der Waals surface area (Å²) in [5.74, 6) is 0. The fourth-order valence-corrected chi connectivity index (χ4v) is 2.21. The van der Waals surface area contributed by atoms with Crippen LogP contribution in [0.5, 0.6) is 0 Å². The molecule has 1 N–H and O–H groups in total. The molecule has 1 aliphatic heterocycles. The molecule has 0 spiro atoms. The van der Waals surface area contributed by atoms with Crippen molar-refractivity contribution in [3.63, 3.8) is 0 Å². The molecule has 112 valence electrons. The summed E-state index contributed by atoms with van der Waals surface area (Å²) in [7, 11) is -1.66. The second kappa shape index (κ2) is 7.58. The van der Waals surface area contributed by atoms with E-state index in [0.717, 1.165) is 4.41 Å². The molecule has 20 heavy (non-hydrogen) atoms. The maximum Gasteiger partial charge on any atom is 0.443 e. The molecule has 1 heterocycles. The highest BCUT2D eigenvalue weighted by Crippen LogP contribution is 2.15. The van der Waals surface area contributed by atoms with Crippen LogP contribution in [0, 0.1) is 0 Å². The Morgan fingerprint density at radius 2 is 2.10 bits per heavy atom. The normalized spacial score (nSPS) is 21.8. The van der Waals surface area contributed by atoms with Crippen molar-refractivity contribution in [2.75, 3.05) is 13.2 Å². The Balaban J connectivity index is 2.67. The number of nitrogens with zero attached hydrogens (tertiary/aromatic N) is 3. The van der Waals surface area contributed by atoms with Gasteiger partial charge in [0.05, 0.1) is 30.4 Å². The molecule has 2 amide bonds. The minimum absolute atomic E-state index is 0.157. The first-order valence-electron chi connectivity index (χ1n) is 5.93. The molecule has 0 unspecified atom stereocenters. The van der Waals surface area contributed by atoms with Crippen LogP contribution >= 0.6 is 0 Å². The van der Waals surface area contributed by atoms with Crippen LogP contribution in [0.3, 0.4) is 0 Å². The van der Waals surface area contributed by atoms with Crippen LogP contribution in [0.15, 0.2) is 10.2 Å². The summed E-state index contributed by atoms with van der Waals surface area (Å²) in [6.07, 6.45) is -0.295. The van der Waals surface area contributed by atoms with Crippen molar-refractivity contribution in [3.8, 4) is 0 Å². The van der Waals surface area contributed by atoms with Crippen molar-refractivity contribution in [2.24, 2.45) is 10.2 Å². The van der Waals surface area contributed by atoms with Crippen LogP contribution in [-0.2, 0) is 20.5 Å². The third-order valence-corrected chi connectivity index (χ3v) is 3.57. The molecule has 0 aromatic heterocycles. The van der Waals surface area contributed by atoms with E-state index in [2.05, 4.69) is 20.4 Å². The van der Waals surface area contributed by atoms with E-state index in [1.54, 1.807) is 20.8 Å². The summed E-state index contributed by atoms with van der Waals surface area (Å²) in [4.78, 5) is 22.5. The molecule has 1 rings (SSSR count). The Labute approximate surface area is 118 Å². The number of rotatable bonds is 4. The molecule has 2 atom stereocenters. The average Bonchev–Trinajstić information content (AvgIpc) is 2.68. The quantitative estimate of drug-likeness (QED) is 0.604. The van der Waals surface area contributed by atoms with Crippen molar-refractivity contribution < 1.29 is 23.3 Å². The van der Waals surface area contributed by atoms with Gasteiger partial charge in [-0.2, -0.15) is 10.2 Å². The zero-order valence-corrected chi connectivity index (χ0v) is 12.2. The van der Waals surface area contributed by atoms with Crippen molar-refractivity contribution in [2.45, 2.75) is 26.0 Å². The predicted octanol–water partition coefficient (Wildman–Crippen LogP) is 0.599. The highest BCUT2D eigenvalue weighted by molar-refractivity contribution is 7.85. The van der Waals surface area contributed by atoms with Gasteiger partial charge in [0, 0.05) is 0 Å². The highest BCUT2D eigenvalue weighted by Gasteiger charge is 2.35. The lowest BCUT2D eigenvalue weighted by Gasteiger charge is -2.10. The highest BCUT2D eigenvalue weighted by atomic mass is 32.2. The molecule has 0 aliphatic carbocycles. The first kappa shape index (κ1) is 16.1. The van der Waals surface area contributed by atoms with E-state index < -0.39 is 28.4 Å². The van der Waals surface area contributed by atoms with Gasteiger partial charge in [0.15, 0.2) is 11.0 Å². The van der Waals surface area contributed by atoms with Crippen molar-refractivity contribution in [3.05, 3.63) is 0 Å². The molecule has 0 radical (unpaired) electrons. The van der Waals surface area contributed by atoms with E-state index in [1.807, 2.05) is 0 Å². The Morgan fingerprint density at radius 3 is 2.70 bits per heavy atom. The van der Waals surface area contributed by atoms with Crippen molar-refractivity contribution in [1.29, 1.82) is 0 Å². The Bertz CT molecular complexity index is 465. The lowest BCUT2D eigenvalue weighted by Crippen LogP contribution is -2.29. The van der Waals surface area contributed by atoms with Crippen molar-refractivity contribution in [1.82, 2.24) is 9.84 Å². The Hall–Kier alpha value is -1.97. The summed E-state index contributed by atoms with van der Waals surface area (Å²) in [5.41, 5.74) is 2.39. The summed E-state index contributed by atoms with van der Waals surface area (Å²) < 4.78 is 21.9. The predicted molar refractivity (Wildman–Crippen MR) is 72.6 cm³/mol. The van der Waals surface area contributed by atoms with Gasteiger partial charge in [-0.3, -0.25) is 0 Å². The molecular formula is C10H16N4O5S. The molecule has 0 fully saturated rings. The summed E-state index contributed by atoms with van der Waals surface area (Å²) in [6.45, 7) is 5.29. The van der Waals surface area contributed by atoms with E-state index in [0.29, 0.717) is 0 Å². The fraction of sp³-hybridized carbons (Fsp3) is 0.600. The summed E-state index contributed by atoms with van der Waals surface area (Å²) in [5, 5.41) is 6.91. The summed E-state index contributed by atoms with van der Waals surface area (Å²) >= 11 is 0. The second-order valence-corrected chi connectivity index (χ2v) is 5.11. The number of carbonyl (C=O) groups is 2. The van der Waals surface area contributed by atoms with Gasteiger partial charge in [-0.1, -0.05) is 0 Å². The first-order chi connectivity index (χ1) is 9.51. The van der Waals surface area contributed by atoms with Gasteiger partial charge in [0.2, 0.25) is 0 Å². The molecule has 1 aliphatic rings. The number of hydrogen-bond donors (Lipinski definition) is 1. The maximum absolute atomic E-state index is 11.9. The van der Waals surface area contributed by atoms with Gasteiger partial charge < -0.3 is 9.47 Å². The van der Waals surface area contributed by atoms with E-state index in [9.17, 15) is 13.8 Å². The van der Waals surface area contributed by atoms with E-state index in [4.69, 9.17) is 4.74 Å². The zero-order valence-electron chi connectivity index (χ0n) is 11.4. The lowest BCUT2D eigenvalue weighted by atomic mass is 10.3. The van der Waals surface area contributed by atoms with E-state index >= 15 is 0 Å². The standard InChI is InChI=1S/C10H16N4O5S/c1-4-18-9(15)12-11-6-8-7(3)20(17)14(13-8)10(16)19-5-2/h6-7H,4-5H2,1-3H3,(H,12,15)/b11-6-/t7-,20+/m1/s1. The molecule has 0 saturated carbocycles.